The van der Waals surface area contributed by atoms with E-state index in [2.05, 4.69) is 0 Å². The maximum atomic E-state index is 12.7. The molecule has 4 nitrogen and oxygen atoms in total. The Balaban J connectivity index is 0.00000176. The molecule has 0 saturated heterocycles. The first-order valence-corrected chi connectivity index (χ1v) is 6.80. The first-order valence-electron chi connectivity index (χ1n) is 6.80. The number of aromatic hydroxyl groups is 2. The van der Waals surface area contributed by atoms with Gasteiger partial charge < -0.3 is 27.2 Å². The molecular formula is C17H16BrNO3. The Morgan fingerprint density at radius 2 is 1.68 bits per heavy atom. The van der Waals surface area contributed by atoms with E-state index in [1.54, 1.807) is 30.3 Å². The Morgan fingerprint density at radius 1 is 1.05 bits per heavy atom. The summed E-state index contributed by atoms with van der Waals surface area (Å²) in [7, 11) is 1.89. The predicted octanol–water partition coefficient (Wildman–Crippen LogP) is -1.03. The molecule has 22 heavy (non-hydrogen) atoms. The van der Waals surface area contributed by atoms with Crippen LogP contribution in [0.15, 0.2) is 42.5 Å². The number of hydrogen-bond acceptors (Lipinski definition) is 3. The molecule has 0 radical (unpaired) electrons. The number of ketones is 1. The first-order chi connectivity index (χ1) is 10.1. The number of nitrogens with zero attached hydrogens (tertiary/aromatic N) is 1. The van der Waals surface area contributed by atoms with Crippen LogP contribution in [-0.4, -0.2) is 39.9 Å². The summed E-state index contributed by atoms with van der Waals surface area (Å²) in [6.45, 7) is 0.732. The van der Waals surface area contributed by atoms with Crippen LogP contribution in [0, 0.1) is 0 Å². The topological polar surface area (TPSA) is 60.5 Å². The van der Waals surface area contributed by atoms with Crippen LogP contribution in [-0.2, 0) is 6.42 Å². The van der Waals surface area contributed by atoms with E-state index >= 15 is 0 Å². The molecule has 0 saturated carbocycles. The summed E-state index contributed by atoms with van der Waals surface area (Å²) in [4.78, 5) is 12.7. The van der Waals surface area contributed by atoms with Gasteiger partial charge in [-0.05, 0) is 48.0 Å². The summed E-state index contributed by atoms with van der Waals surface area (Å²) in [5.41, 5.74) is 3.01. The maximum Gasteiger partial charge on any atom is 0.256 e. The van der Waals surface area contributed by atoms with Gasteiger partial charge in [-0.25, -0.2) is 4.58 Å². The summed E-state index contributed by atoms with van der Waals surface area (Å²) in [6, 6.07) is 11.4. The molecule has 2 N–H and O–H groups in total. The molecule has 5 heteroatoms. The fraction of sp³-hybridized carbons (Fsp3) is 0.176. The zero-order chi connectivity index (χ0) is 15.0. The van der Waals surface area contributed by atoms with E-state index in [0.29, 0.717) is 11.3 Å². The van der Waals surface area contributed by atoms with Gasteiger partial charge in [0, 0.05) is 12.0 Å². The molecule has 2 aromatic carbocycles. The molecule has 0 aromatic heterocycles. The second-order valence-corrected chi connectivity index (χ2v) is 5.24. The van der Waals surface area contributed by atoms with Crippen molar-refractivity contribution in [2.75, 3.05) is 13.6 Å². The Labute approximate surface area is 139 Å². The number of fused-ring (bicyclic) bond motifs is 1. The molecule has 1 aliphatic heterocycles. The molecule has 114 valence electrons. The number of phenolic OH excluding ortho intramolecular Hbond substituents is 2. The van der Waals surface area contributed by atoms with Crippen molar-refractivity contribution >= 4 is 11.5 Å². The molecule has 0 atom stereocenters. The lowest BCUT2D eigenvalue weighted by molar-refractivity contribution is -0.496. The van der Waals surface area contributed by atoms with E-state index in [-0.39, 0.29) is 34.3 Å². The number of benzene rings is 2. The third kappa shape index (κ3) is 2.90. The average molecular weight is 362 g/mol. The third-order valence-corrected chi connectivity index (χ3v) is 3.79. The summed E-state index contributed by atoms with van der Waals surface area (Å²) >= 11 is 0. The minimum Gasteiger partial charge on any atom is -1.00 e. The molecule has 3 rings (SSSR count). The van der Waals surface area contributed by atoms with Crippen LogP contribution in [0.3, 0.4) is 0 Å². The molecule has 0 fully saturated rings. The van der Waals surface area contributed by atoms with E-state index in [9.17, 15) is 15.0 Å². The fourth-order valence-corrected chi connectivity index (χ4v) is 2.67. The van der Waals surface area contributed by atoms with Gasteiger partial charge in [0.05, 0.1) is 5.56 Å². The Bertz CT molecular complexity index is 751. The van der Waals surface area contributed by atoms with Gasteiger partial charge in [0.25, 0.3) is 11.5 Å². The number of hydrogen-bond donors (Lipinski definition) is 2. The van der Waals surface area contributed by atoms with Crippen LogP contribution < -0.4 is 17.0 Å². The lowest BCUT2D eigenvalue weighted by atomic mass is 9.92. The lowest BCUT2D eigenvalue weighted by Crippen LogP contribution is -3.00. The van der Waals surface area contributed by atoms with Gasteiger partial charge in [0.1, 0.15) is 25.1 Å². The van der Waals surface area contributed by atoms with Crippen molar-refractivity contribution < 1.29 is 36.6 Å². The number of likely N-dealkylation sites (N-methyl/N-ethyl adjacent to an activating group) is 1. The van der Waals surface area contributed by atoms with E-state index in [1.807, 2.05) is 11.6 Å². The smallest absolute Gasteiger partial charge is 0.256 e. The molecule has 0 aliphatic carbocycles. The van der Waals surface area contributed by atoms with Crippen LogP contribution in [0.5, 0.6) is 11.5 Å². The minimum atomic E-state index is -0.0795. The van der Waals surface area contributed by atoms with Crippen molar-refractivity contribution in [3.05, 3.63) is 59.2 Å². The monoisotopic (exact) mass is 361 g/mol. The van der Waals surface area contributed by atoms with Crippen LogP contribution in [0.2, 0.25) is 0 Å². The number of Topliss-reactive ketones (excluding diaryl/α,β-unsaturated/α-hetero) is 1. The highest BCUT2D eigenvalue weighted by atomic mass is 79.9. The third-order valence-electron chi connectivity index (χ3n) is 3.79. The fourth-order valence-electron chi connectivity index (χ4n) is 2.67. The van der Waals surface area contributed by atoms with Crippen LogP contribution in [0.1, 0.15) is 21.5 Å². The minimum absolute atomic E-state index is 0. The molecule has 1 aliphatic rings. The highest BCUT2D eigenvalue weighted by Crippen LogP contribution is 2.23. The summed E-state index contributed by atoms with van der Waals surface area (Å²) < 4.78 is 1.94. The van der Waals surface area contributed by atoms with Gasteiger partial charge in [0.15, 0.2) is 0 Å². The second-order valence-electron chi connectivity index (χ2n) is 5.24. The number of carbonyl (C=O) groups excluding carboxylic acids is 1. The molecular weight excluding hydrogens is 346 g/mol. The zero-order valence-electron chi connectivity index (χ0n) is 12.1. The van der Waals surface area contributed by atoms with Gasteiger partial charge >= 0.3 is 0 Å². The highest BCUT2D eigenvalue weighted by molar-refractivity contribution is 6.50. The largest absolute Gasteiger partial charge is 1.00 e. The predicted molar refractivity (Wildman–Crippen MR) is 79.4 cm³/mol. The Kier molecular flexibility index (Phi) is 4.66. The van der Waals surface area contributed by atoms with E-state index < -0.39 is 0 Å². The number of halogens is 1. The van der Waals surface area contributed by atoms with Crippen molar-refractivity contribution in [3.63, 3.8) is 0 Å². The summed E-state index contributed by atoms with van der Waals surface area (Å²) in [5.74, 6) is 0.276. The van der Waals surface area contributed by atoms with Gasteiger partial charge in [-0.2, -0.15) is 0 Å². The average Bonchev–Trinajstić information content (AvgIpc) is 2.47. The highest BCUT2D eigenvalue weighted by Gasteiger charge is 2.30. The first kappa shape index (κ1) is 16.2. The van der Waals surface area contributed by atoms with E-state index in [0.717, 1.165) is 24.1 Å². The van der Waals surface area contributed by atoms with Gasteiger partial charge in [-0.15, -0.1) is 0 Å². The summed E-state index contributed by atoms with van der Waals surface area (Å²) in [5, 5.41) is 18.9. The number of phenols is 2. The zero-order valence-corrected chi connectivity index (χ0v) is 13.7. The van der Waals surface area contributed by atoms with Crippen LogP contribution in [0.4, 0.5) is 0 Å². The maximum absolute atomic E-state index is 12.7. The Morgan fingerprint density at radius 3 is 2.36 bits per heavy atom. The van der Waals surface area contributed by atoms with Gasteiger partial charge in [0.2, 0.25) is 0 Å². The van der Waals surface area contributed by atoms with Crippen molar-refractivity contribution in [2.24, 2.45) is 0 Å². The molecule has 0 amide bonds. The molecule has 1 heterocycles. The SMILES string of the molecule is C[N+]1=C(C(=O)c2ccc(O)cc2)c2ccc(O)cc2CC1.[Br-]. The molecule has 2 aromatic rings. The van der Waals surface area contributed by atoms with E-state index in [4.69, 9.17) is 0 Å². The van der Waals surface area contributed by atoms with Crippen LogP contribution in [0.25, 0.3) is 0 Å². The molecule has 0 bridgehead atoms. The Hall–Kier alpha value is -2.14. The standard InChI is InChI=1S/C17H15NO3.BrH/c1-18-9-8-12-10-14(20)6-7-15(12)16(18)17(21)11-2-4-13(19)5-3-11;/h2-7,10H,8-9H2,1H3,(H,19,21);1H. The lowest BCUT2D eigenvalue weighted by Gasteiger charge is -2.16. The van der Waals surface area contributed by atoms with Crippen molar-refractivity contribution in [2.45, 2.75) is 6.42 Å². The van der Waals surface area contributed by atoms with Crippen molar-refractivity contribution in [1.82, 2.24) is 0 Å². The summed E-state index contributed by atoms with van der Waals surface area (Å²) in [6.07, 6.45) is 0.798. The van der Waals surface area contributed by atoms with Gasteiger partial charge in [-0.3, -0.25) is 4.79 Å². The number of carbonyl (C=O) groups is 1. The van der Waals surface area contributed by atoms with Crippen molar-refractivity contribution in [1.29, 1.82) is 0 Å². The van der Waals surface area contributed by atoms with Crippen LogP contribution >= 0.6 is 0 Å². The molecule has 0 spiro atoms. The van der Waals surface area contributed by atoms with Gasteiger partial charge in [-0.1, -0.05) is 0 Å². The van der Waals surface area contributed by atoms with Crippen molar-refractivity contribution in [3.8, 4) is 11.5 Å². The second kappa shape index (κ2) is 6.32. The van der Waals surface area contributed by atoms with E-state index in [1.165, 1.54) is 12.1 Å². The number of rotatable bonds is 2. The normalized spacial score (nSPS) is 13.3. The molecule has 0 unspecified atom stereocenters. The quantitative estimate of drug-likeness (QED) is 0.531.